The van der Waals surface area contributed by atoms with E-state index in [0.29, 0.717) is 13.0 Å². The van der Waals surface area contributed by atoms with Gasteiger partial charge in [0.2, 0.25) is 0 Å². The first-order valence-corrected chi connectivity index (χ1v) is 9.90. The van der Waals surface area contributed by atoms with Crippen molar-refractivity contribution in [3.8, 4) is 0 Å². The number of aliphatic hydroxyl groups excluding tert-OH is 2. The first-order valence-electron chi connectivity index (χ1n) is 9.90. The molecular weight excluding hydrogens is 336 g/mol. The predicted molar refractivity (Wildman–Crippen MR) is 89.0 cm³/mol. The lowest BCUT2D eigenvalue weighted by Gasteiger charge is -2.54. The lowest BCUT2D eigenvalue weighted by Crippen LogP contribution is -2.69. The van der Waals surface area contributed by atoms with Gasteiger partial charge in [0.05, 0.1) is 18.3 Å². The van der Waals surface area contributed by atoms with Crippen LogP contribution in [0.1, 0.15) is 40.0 Å². The second kappa shape index (κ2) is 4.37. The number of epoxide rings is 2. The monoisotopic (exact) mass is 362 g/mol. The van der Waals surface area contributed by atoms with Crippen molar-refractivity contribution in [2.24, 2.45) is 23.2 Å². The van der Waals surface area contributed by atoms with Crippen molar-refractivity contribution in [2.45, 2.75) is 75.7 Å². The maximum Gasteiger partial charge on any atom is 0.334 e. The molecule has 2 spiro atoms. The van der Waals surface area contributed by atoms with Crippen LogP contribution < -0.4 is 0 Å². The quantitative estimate of drug-likeness (QED) is 0.533. The normalized spacial score (nSPS) is 59.1. The summed E-state index contributed by atoms with van der Waals surface area (Å²) in [5.41, 5.74) is 0.333. The molecular formula is C20H26O6. The van der Waals surface area contributed by atoms with Crippen molar-refractivity contribution in [1.82, 2.24) is 0 Å². The Morgan fingerprint density at radius 2 is 2.00 bits per heavy atom. The van der Waals surface area contributed by atoms with Crippen molar-refractivity contribution in [3.63, 3.8) is 0 Å². The van der Waals surface area contributed by atoms with E-state index in [0.717, 1.165) is 24.0 Å². The molecule has 2 saturated carbocycles. The highest BCUT2D eigenvalue weighted by atomic mass is 16.7. The number of aliphatic hydroxyl groups is 2. The molecule has 0 aromatic rings. The number of hydrogen-bond donors (Lipinski definition) is 2. The Kier molecular flexibility index (Phi) is 2.70. The van der Waals surface area contributed by atoms with Crippen LogP contribution in [0, 0.1) is 23.2 Å². The van der Waals surface area contributed by atoms with E-state index in [1.54, 1.807) is 0 Å². The van der Waals surface area contributed by atoms with Crippen LogP contribution in [0.2, 0.25) is 0 Å². The Labute approximate surface area is 152 Å². The van der Waals surface area contributed by atoms with E-state index >= 15 is 0 Å². The molecule has 2 N–H and O–H groups in total. The second-order valence-electron chi connectivity index (χ2n) is 9.72. The molecule has 142 valence electrons. The minimum Gasteiger partial charge on any atom is -0.458 e. The third-order valence-electron chi connectivity index (χ3n) is 8.65. The van der Waals surface area contributed by atoms with Crippen LogP contribution in [0.15, 0.2) is 11.1 Å². The fraction of sp³-hybridized carbons (Fsp3) is 0.850. The van der Waals surface area contributed by atoms with Gasteiger partial charge in [0.25, 0.3) is 0 Å². The lowest BCUT2D eigenvalue weighted by molar-refractivity contribution is -0.136. The number of rotatable bonds is 1. The van der Waals surface area contributed by atoms with Crippen LogP contribution in [0.5, 0.6) is 0 Å². The molecule has 6 nitrogen and oxygen atoms in total. The van der Waals surface area contributed by atoms with Gasteiger partial charge < -0.3 is 24.4 Å². The van der Waals surface area contributed by atoms with Crippen LogP contribution in [-0.2, 0) is 19.0 Å². The maximum atomic E-state index is 12.1. The Morgan fingerprint density at radius 3 is 2.73 bits per heavy atom. The van der Waals surface area contributed by atoms with Crippen molar-refractivity contribution < 1.29 is 29.2 Å². The van der Waals surface area contributed by atoms with Gasteiger partial charge in [-0.2, -0.15) is 0 Å². The first-order chi connectivity index (χ1) is 12.3. The van der Waals surface area contributed by atoms with E-state index < -0.39 is 23.4 Å². The summed E-state index contributed by atoms with van der Waals surface area (Å²) >= 11 is 0. The summed E-state index contributed by atoms with van der Waals surface area (Å²) in [5.74, 6) is -0.118. The summed E-state index contributed by atoms with van der Waals surface area (Å²) in [6.07, 6.45) is 0.490. The van der Waals surface area contributed by atoms with E-state index in [4.69, 9.17) is 14.2 Å². The van der Waals surface area contributed by atoms with Gasteiger partial charge in [0, 0.05) is 16.9 Å². The lowest BCUT2D eigenvalue weighted by atomic mass is 9.46. The molecule has 6 aliphatic rings. The zero-order valence-electron chi connectivity index (χ0n) is 15.4. The standard InChI is InChI=1S/C20H26O6/c1-8(2)13-14(21)16-20(26-16)18(3)5-4-9-10(7-24-17(9)23)11(18)6-12-19(20,25-12)15(13)22/h8,11-16,21-22H,4-7H2,1-3H3. The van der Waals surface area contributed by atoms with Gasteiger partial charge >= 0.3 is 5.97 Å². The van der Waals surface area contributed by atoms with E-state index in [1.165, 1.54) is 0 Å². The molecule has 0 aromatic heterocycles. The van der Waals surface area contributed by atoms with E-state index in [2.05, 4.69) is 6.92 Å². The molecule has 3 aliphatic carbocycles. The zero-order valence-corrected chi connectivity index (χ0v) is 15.4. The molecule has 2 saturated heterocycles. The van der Waals surface area contributed by atoms with Crippen LogP contribution >= 0.6 is 0 Å². The highest BCUT2D eigenvalue weighted by molar-refractivity contribution is 5.92. The van der Waals surface area contributed by atoms with Crippen molar-refractivity contribution in [2.75, 3.05) is 6.61 Å². The summed E-state index contributed by atoms with van der Waals surface area (Å²) in [7, 11) is 0. The van der Waals surface area contributed by atoms with E-state index in [-0.39, 0.29) is 41.3 Å². The number of esters is 1. The Bertz CT molecular complexity index is 759. The molecule has 6 heteroatoms. The molecule has 26 heavy (non-hydrogen) atoms. The average Bonchev–Trinajstić information content (AvgIpc) is 3.45. The molecule has 0 bridgehead atoms. The fourth-order valence-electron chi connectivity index (χ4n) is 7.39. The van der Waals surface area contributed by atoms with Crippen LogP contribution in [0.4, 0.5) is 0 Å². The SMILES string of the molecule is CC(C)C1C(O)C2OC23C2(C)CCC4=C(COC4=O)C2CC2OC23C1O. The number of fused-ring (bicyclic) bond motifs is 2. The van der Waals surface area contributed by atoms with E-state index in [9.17, 15) is 15.0 Å². The van der Waals surface area contributed by atoms with Gasteiger partial charge in [-0.3, -0.25) is 0 Å². The van der Waals surface area contributed by atoms with Gasteiger partial charge in [-0.15, -0.1) is 0 Å². The summed E-state index contributed by atoms with van der Waals surface area (Å²) in [4.78, 5) is 12.1. The zero-order chi connectivity index (χ0) is 18.2. The molecule has 6 rings (SSSR count). The third kappa shape index (κ3) is 1.38. The molecule has 0 radical (unpaired) electrons. The molecule has 0 aromatic carbocycles. The molecule has 0 amide bonds. The minimum absolute atomic E-state index is 0.0723. The first kappa shape index (κ1) is 16.0. The largest absolute Gasteiger partial charge is 0.458 e. The number of cyclic esters (lactones) is 1. The van der Waals surface area contributed by atoms with Crippen molar-refractivity contribution in [3.05, 3.63) is 11.1 Å². The fourth-order valence-corrected chi connectivity index (χ4v) is 7.39. The smallest absolute Gasteiger partial charge is 0.334 e. The molecule has 3 heterocycles. The van der Waals surface area contributed by atoms with Crippen LogP contribution in [0.25, 0.3) is 0 Å². The number of hydrogen-bond acceptors (Lipinski definition) is 6. The molecule has 9 atom stereocenters. The number of carbonyl (C=O) groups is 1. The van der Waals surface area contributed by atoms with Crippen molar-refractivity contribution in [1.29, 1.82) is 0 Å². The molecule has 3 aliphatic heterocycles. The summed E-state index contributed by atoms with van der Waals surface area (Å²) in [6, 6.07) is 0. The maximum absolute atomic E-state index is 12.1. The topological polar surface area (TPSA) is 91.8 Å². The number of carbonyl (C=O) groups excluding carboxylic acids is 1. The second-order valence-corrected chi connectivity index (χ2v) is 9.72. The number of ether oxygens (including phenoxy) is 3. The molecule has 4 fully saturated rings. The van der Waals surface area contributed by atoms with Gasteiger partial charge in [-0.05, 0) is 36.7 Å². The van der Waals surface area contributed by atoms with Gasteiger partial charge in [0.1, 0.15) is 18.3 Å². The predicted octanol–water partition coefficient (Wildman–Crippen LogP) is 0.943. The Hall–Kier alpha value is -0.950. The van der Waals surface area contributed by atoms with Gasteiger partial charge in [0.15, 0.2) is 5.60 Å². The highest BCUT2D eigenvalue weighted by Gasteiger charge is 2.94. The summed E-state index contributed by atoms with van der Waals surface area (Å²) < 4.78 is 17.9. The molecule has 9 unspecified atom stereocenters. The van der Waals surface area contributed by atoms with Gasteiger partial charge in [-0.25, -0.2) is 4.79 Å². The van der Waals surface area contributed by atoms with Gasteiger partial charge in [-0.1, -0.05) is 20.8 Å². The van der Waals surface area contributed by atoms with Crippen molar-refractivity contribution >= 4 is 5.97 Å². The van der Waals surface area contributed by atoms with E-state index in [1.807, 2.05) is 13.8 Å². The highest BCUT2D eigenvalue weighted by Crippen LogP contribution is 2.79. The Morgan fingerprint density at radius 1 is 1.23 bits per heavy atom. The van der Waals surface area contributed by atoms with Crippen LogP contribution in [0.3, 0.4) is 0 Å². The van der Waals surface area contributed by atoms with Crippen LogP contribution in [-0.4, -0.2) is 58.4 Å². The summed E-state index contributed by atoms with van der Waals surface area (Å²) in [6.45, 7) is 6.65. The average molecular weight is 362 g/mol. The summed E-state index contributed by atoms with van der Waals surface area (Å²) in [5, 5.41) is 22.3. The Balaban J connectivity index is 1.48. The third-order valence-corrected chi connectivity index (χ3v) is 8.65. The minimum atomic E-state index is -0.726.